The summed E-state index contributed by atoms with van der Waals surface area (Å²) in [5.41, 5.74) is 1.45. The van der Waals surface area contributed by atoms with Crippen molar-refractivity contribution in [3.63, 3.8) is 0 Å². The topological polar surface area (TPSA) is 44.1 Å². The predicted octanol–water partition coefficient (Wildman–Crippen LogP) is 2.56. The van der Waals surface area contributed by atoms with Gasteiger partial charge >= 0.3 is 5.97 Å². The number of benzene rings is 1. The highest BCUT2D eigenvalue weighted by molar-refractivity contribution is 5.88. The number of carbonyl (C=O) groups is 1. The molecule has 0 unspecified atom stereocenters. The molecule has 2 aromatic rings. The van der Waals surface area contributed by atoms with E-state index in [4.69, 9.17) is 4.74 Å². The van der Waals surface area contributed by atoms with Crippen molar-refractivity contribution in [1.82, 2.24) is 9.55 Å². The van der Waals surface area contributed by atoms with E-state index in [9.17, 15) is 9.18 Å². The first-order valence-corrected chi connectivity index (χ1v) is 6.05. The monoisotopic (exact) mass is 262 g/mol. The van der Waals surface area contributed by atoms with Gasteiger partial charge in [0.2, 0.25) is 0 Å². The van der Waals surface area contributed by atoms with Crippen LogP contribution in [-0.2, 0) is 11.3 Å². The van der Waals surface area contributed by atoms with Gasteiger partial charge in [0, 0.05) is 5.56 Å². The number of ether oxygens (including phenoxy) is 1. The molecule has 1 aromatic heterocycles. The molecule has 1 aromatic carbocycles. The van der Waals surface area contributed by atoms with E-state index in [2.05, 4.69) is 4.98 Å². The summed E-state index contributed by atoms with van der Waals surface area (Å²) in [6, 6.07) is 6.46. The third-order valence-electron chi connectivity index (χ3n) is 2.79. The molecule has 0 radical (unpaired) electrons. The van der Waals surface area contributed by atoms with E-state index in [1.165, 1.54) is 12.4 Å². The van der Waals surface area contributed by atoms with Crippen LogP contribution >= 0.6 is 0 Å². The average molecular weight is 262 g/mol. The third-order valence-corrected chi connectivity index (χ3v) is 2.79. The molecule has 0 aliphatic carbocycles. The highest BCUT2D eigenvalue weighted by Crippen LogP contribution is 2.13. The maximum atomic E-state index is 13.6. The normalized spacial score (nSPS) is 10.5. The number of aromatic nitrogens is 2. The quantitative estimate of drug-likeness (QED) is 0.795. The van der Waals surface area contributed by atoms with Gasteiger partial charge in [-0.3, -0.25) is 0 Å². The molecule has 0 aliphatic rings. The summed E-state index contributed by atoms with van der Waals surface area (Å²) in [7, 11) is 0. The van der Waals surface area contributed by atoms with E-state index in [0.717, 1.165) is 0 Å². The molecule has 19 heavy (non-hydrogen) atoms. The van der Waals surface area contributed by atoms with Gasteiger partial charge in [0.15, 0.2) is 5.69 Å². The van der Waals surface area contributed by atoms with Crippen molar-refractivity contribution in [2.45, 2.75) is 20.4 Å². The number of hydrogen-bond acceptors (Lipinski definition) is 3. The van der Waals surface area contributed by atoms with Crippen LogP contribution in [-0.4, -0.2) is 22.1 Å². The van der Waals surface area contributed by atoms with Crippen LogP contribution in [0.5, 0.6) is 0 Å². The lowest BCUT2D eigenvalue weighted by atomic mass is 10.2. The lowest BCUT2D eigenvalue weighted by Gasteiger charge is -2.09. The summed E-state index contributed by atoms with van der Waals surface area (Å²) < 4.78 is 20.2. The summed E-state index contributed by atoms with van der Waals surface area (Å²) in [6.45, 7) is 4.01. The molecule has 100 valence electrons. The van der Waals surface area contributed by atoms with Crippen molar-refractivity contribution >= 4 is 5.97 Å². The van der Waals surface area contributed by atoms with E-state index >= 15 is 0 Å². The fourth-order valence-electron chi connectivity index (χ4n) is 1.88. The molecule has 0 atom stereocenters. The number of hydrogen-bond donors (Lipinski definition) is 0. The Morgan fingerprint density at radius 2 is 2.16 bits per heavy atom. The molecular weight excluding hydrogens is 247 g/mol. The van der Waals surface area contributed by atoms with Crippen LogP contribution in [0.3, 0.4) is 0 Å². The zero-order valence-corrected chi connectivity index (χ0v) is 10.9. The fraction of sp³-hybridized carbons (Fsp3) is 0.286. The summed E-state index contributed by atoms with van der Waals surface area (Å²) >= 11 is 0. The van der Waals surface area contributed by atoms with E-state index < -0.39 is 5.97 Å². The van der Waals surface area contributed by atoms with Crippen LogP contribution in [0.1, 0.15) is 28.7 Å². The van der Waals surface area contributed by atoms with Gasteiger partial charge in [-0.25, -0.2) is 14.2 Å². The Morgan fingerprint density at radius 1 is 1.42 bits per heavy atom. The lowest BCUT2D eigenvalue weighted by Crippen LogP contribution is -2.14. The second-order valence-electron chi connectivity index (χ2n) is 4.12. The Balaban J connectivity index is 2.31. The Kier molecular flexibility index (Phi) is 3.94. The average Bonchev–Trinajstić information content (AvgIpc) is 2.74. The minimum Gasteiger partial charge on any atom is -0.461 e. The molecule has 0 spiro atoms. The van der Waals surface area contributed by atoms with E-state index in [-0.39, 0.29) is 12.4 Å². The third kappa shape index (κ3) is 2.81. The molecular formula is C14H15FN2O2. The van der Waals surface area contributed by atoms with Gasteiger partial charge in [-0.2, -0.15) is 0 Å². The number of halogens is 1. The summed E-state index contributed by atoms with van der Waals surface area (Å²) in [5, 5.41) is 0. The van der Waals surface area contributed by atoms with Crippen molar-refractivity contribution in [3.05, 3.63) is 53.4 Å². The van der Waals surface area contributed by atoms with Crippen molar-refractivity contribution < 1.29 is 13.9 Å². The molecule has 0 fully saturated rings. The van der Waals surface area contributed by atoms with E-state index in [1.807, 2.05) is 0 Å². The number of carbonyl (C=O) groups excluding carboxylic acids is 1. The van der Waals surface area contributed by atoms with Crippen LogP contribution < -0.4 is 0 Å². The largest absolute Gasteiger partial charge is 0.461 e. The minimum atomic E-state index is -0.436. The molecule has 0 saturated carbocycles. The Hall–Kier alpha value is -2.17. The molecule has 2 rings (SSSR count). The minimum absolute atomic E-state index is 0.252. The molecule has 0 N–H and O–H groups in total. The molecule has 4 nitrogen and oxygen atoms in total. The number of esters is 1. The van der Waals surface area contributed by atoms with Crippen LogP contribution in [0.4, 0.5) is 4.39 Å². The summed E-state index contributed by atoms with van der Waals surface area (Å²) in [4.78, 5) is 15.9. The highest BCUT2D eigenvalue weighted by atomic mass is 19.1. The van der Waals surface area contributed by atoms with Gasteiger partial charge in [-0.15, -0.1) is 0 Å². The van der Waals surface area contributed by atoms with E-state index in [0.29, 0.717) is 23.6 Å². The first kappa shape index (κ1) is 13.3. The zero-order valence-electron chi connectivity index (χ0n) is 10.9. The van der Waals surface area contributed by atoms with Crippen molar-refractivity contribution in [1.29, 1.82) is 0 Å². The molecule has 0 bridgehead atoms. The molecule has 0 amide bonds. The Bertz CT molecular complexity index is 593. The van der Waals surface area contributed by atoms with Crippen LogP contribution in [0, 0.1) is 12.7 Å². The highest BCUT2D eigenvalue weighted by Gasteiger charge is 2.17. The smallest absolute Gasteiger partial charge is 0.356 e. The van der Waals surface area contributed by atoms with Gasteiger partial charge in [0.1, 0.15) is 5.82 Å². The standard InChI is InChI=1S/C14H15FN2O2/c1-3-19-14(18)13-10(2)16-9-17(13)8-11-6-4-5-7-12(11)15/h4-7,9H,3,8H2,1-2H3. The van der Waals surface area contributed by atoms with Gasteiger partial charge in [-0.05, 0) is 19.9 Å². The number of nitrogens with zero attached hydrogens (tertiary/aromatic N) is 2. The predicted molar refractivity (Wildman–Crippen MR) is 68.4 cm³/mol. The van der Waals surface area contributed by atoms with Gasteiger partial charge in [-0.1, -0.05) is 18.2 Å². The lowest BCUT2D eigenvalue weighted by molar-refractivity contribution is 0.0513. The first-order chi connectivity index (χ1) is 9.13. The van der Waals surface area contributed by atoms with Crippen molar-refractivity contribution in [2.75, 3.05) is 6.61 Å². The Labute approximate surface area is 110 Å². The van der Waals surface area contributed by atoms with E-state index in [1.54, 1.807) is 36.6 Å². The van der Waals surface area contributed by atoms with Crippen molar-refractivity contribution in [2.24, 2.45) is 0 Å². The molecule has 1 heterocycles. The summed E-state index contributed by atoms with van der Waals surface area (Å²) in [5.74, 6) is -0.738. The molecule has 0 saturated heterocycles. The van der Waals surface area contributed by atoms with Crippen LogP contribution in [0.2, 0.25) is 0 Å². The maximum Gasteiger partial charge on any atom is 0.356 e. The van der Waals surface area contributed by atoms with Gasteiger partial charge in [0.05, 0.1) is 25.2 Å². The first-order valence-electron chi connectivity index (χ1n) is 6.05. The van der Waals surface area contributed by atoms with Crippen LogP contribution in [0.25, 0.3) is 0 Å². The maximum absolute atomic E-state index is 13.6. The van der Waals surface area contributed by atoms with Gasteiger partial charge in [0.25, 0.3) is 0 Å². The summed E-state index contributed by atoms with van der Waals surface area (Å²) in [6.07, 6.45) is 1.52. The van der Waals surface area contributed by atoms with Gasteiger partial charge < -0.3 is 9.30 Å². The van der Waals surface area contributed by atoms with Crippen LogP contribution in [0.15, 0.2) is 30.6 Å². The Morgan fingerprint density at radius 3 is 2.84 bits per heavy atom. The fourth-order valence-corrected chi connectivity index (χ4v) is 1.88. The molecule has 0 aliphatic heterocycles. The molecule has 5 heteroatoms. The zero-order chi connectivity index (χ0) is 13.8. The number of imidazole rings is 1. The number of aryl methyl sites for hydroxylation is 1. The number of rotatable bonds is 4. The second kappa shape index (κ2) is 5.65. The SMILES string of the molecule is CCOC(=O)c1c(C)ncn1Cc1ccccc1F. The van der Waals surface area contributed by atoms with Crippen molar-refractivity contribution in [3.8, 4) is 0 Å². The second-order valence-corrected chi connectivity index (χ2v) is 4.12.